The smallest absolute Gasteiger partial charge is 0.0567 e. The van der Waals surface area contributed by atoms with Gasteiger partial charge in [-0.15, -0.1) is 0 Å². The van der Waals surface area contributed by atoms with Gasteiger partial charge in [0, 0.05) is 26.2 Å². The molecule has 0 atom stereocenters. The van der Waals surface area contributed by atoms with Crippen LogP contribution in [-0.2, 0) is 0 Å². The van der Waals surface area contributed by atoms with Crippen LogP contribution in [0.25, 0.3) is 0 Å². The third kappa shape index (κ3) is 4.10. The molecule has 1 aliphatic heterocycles. The summed E-state index contributed by atoms with van der Waals surface area (Å²) in [6.07, 6.45) is 7.25. The van der Waals surface area contributed by atoms with E-state index in [1.54, 1.807) is 0 Å². The molecule has 1 aliphatic rings. The van der Waals surface area contributed by atoms with E-state index < -0.39 is 0 Å². The molecule has 1 saturated heterocycles. The fourth-order valence-electron chi connectivity index (χ4n) is 1.57. The van der Waals surface area contributed by atoms with E-state index in [4.69, 9.17) is 11.6 Å². The summed E-state index contributed by atoms with van der Waals surface area (Å²) in [5.74, 6) is 0. The van der Waals surface area contributed by atoms with E-state index in [0.717, 1.165) is 38.3 Å². The minimum absolute atomic E-state index is 0.623. The lowest BCUT2D eigenvalue weighted by Gasteiger charge is -2.31. The SMILES string of the molecule is C=C(Cl)/C(=C\C=C/CC)N1CCNCC1. The molecular weight excluding hydrogens is 208 g/mol. The van der Waals surface area contributed by atoms with E-state index in [0.29, 0.717) is 5.03 Å². The molecule has 84 valence electrons. The van der Waals surface area contributed by atoms with Crippen molar-refractivity contribution < 1.29 is 0 Å². The van der Waals surface area contributed by atoms with E-state index in [2.05, 4.69) is 29.8 Å². The van der Waals surface area contributed by atoms with Gasteiger partial charge in [-0.25, -0.2) is 0 Å². The minimum atomic E-state index is 0.623. The van der Waals surface area contributed by atoms with E-state index in [9.17, 15) is 0 Å². The van der Waals surface area contributed by atoms with Crippen LogP contribution in [0.15, 0.2) is 35.5 Å². The monoisotopic (exact) mass is 226 g/mol. The molecule has 0 bridgehead atoms. The topological polar surface area (TPSA) is 15.3 Å². The number of nitrogens with zero attached hydrogens (tertiary/aromatic N) is 1. The molecule has 0 unspecified atom stereocenters. The number of rotatable bonds is 4. The van der Waals surface area contributed by atoms with Gasteiger partial charge in [0.25, 0.3) is 0 Å². The summed E-state index contributed by atoms with van der Waals surface area (Å²) in [6.45, 7) is 9.95. The number of hydrogen-bond donors (Lipinski definition) is 1. The molecule has 15 heavy (non-hydrogen) atoms. The zero-order valence-electron chi connectivity index (χ0n) is 9.30. The minimum Gasteiger partial charge on any atom is -0.368 e. The third-order valence-corrected chi connectivity index (χ3v) is 2.56. The molecule has 0 radical (unpaired) electrons. The maximum absolute atomic E-state index is 6.00. The summed E-state index contributed by atoms with van der Waals surface area (Å²) < 4.78 is 0. The van der Waals surface area contributed by atoms with Crippen LogP contribution in [0.5, 0.6) is 0 Å². The van der Waals surface area contributed by atoms with Gasteiger partial charge in [-0.3, -0.25) is 0 Å². The highest BCUT2D eigenvalue weighted by atomic mass is 35.5. The average Bonchev–Trinajstić information content (AvgIpc) is 2.25. The summed E-state index contributed by atoms with van der Waals surface area (Å²) in [7, 11) is 0. The molecule has 0 amide bonds. The van der Waals surface area contributed by atoms with Crippen LogP contribution >= 0.6 is 11.6 Å². The Morgan fingerprint density at radius 3 is 2.67 bits per heavy atom. The van der Waals surface area contributed by atoms with Crippen LogP contribution in [0.3, 0.4) is 0 Å². The molecule has 1 heterocycles. The molecule has 0 saturated carbocycles. The van der Waals surface area contributed by atoms with Crippen LogP contribution in [0.1, 0.15) is 13.3 Å². The summed E-state index contributed by atoms with van der Waals surface area (Å²) in [5.41, 5.74) is 1.04. The van der Waals surface area contributed by atoms with Gasteiger partial charge in [0.15, 0.2) is 0 Å². The first-order valence-electron chi connectivity index (χ1n) is 5.43. The van der Waals surface area contributed by atoms with E-state index in [-0.39, 0.29) is 0 Å². The van der Waals surface area contributed by atoms with Crippen LogP contribution in [0, 0.1) is 0 Å². The summed E-state index contributed by atoms with van der Waals surface area (Å²) in [5, 5.41) is 3.94. The van der Waals surface area contributed by atoms with Crippen molar-refractivity contribution in [3.8, 4) is 0 Å². The molecular formula is C12H19ClN2. The largest absolute Gasteiger partial charge is 0.368 e. The Morgan fingerprint density at radius 1 is 1.47 bits per heavy atom. The zero-order valence-corrected chi connectivity index (χ0v) is 10.1. The predicted octanol–water partition coefficient (Wildman–Crippen LogP) is 2.49. The highest BCUT2D eigenvalue weighted by molar-refractivity contribution is 6.31. The van der Waals surface area contributed by atoms with Gasteiger partial charge in [0.2, 0.25) is 0 Å². The van der Waals surface area contributed by atoms with Crippen LogP contribution < -0.4 is 5.32 Å². The lowest BCUT2D eigenvalue weighted by atomic mass is 10.2. The Labute approximate surface area is 97.3 Å². The Morgan fingerprint density at radius 2 is 2.13 bits per heavy atom. The Balaban J connectivity index is 2.67. The van der Waals surface area contributed by atoms with Crippen molar-refractivity contribution in [2.75, 3.05) is 26.2 Å². The Bertz CT molecular complexity index is 263. The molecule has 0 spiro atoms. The first-order chi connectivity index (χ1) is 7.25. The second-order valence-corrected chi connectivity index (χ2v) is 3.99. The van der Waals surface area contributed by atoms with Gasteiger partial charge < -0.3 is 10.2 Å². The van der Waals surface area contributed by atoms with E-state index in [1.807, 2.05) is 12.2 Å². The van der Waals surface area contributed by atoms with Gasteiger partial charge in [-0.2, -0.15) is 0 Å². The highest BCUT2D eigenvalue weighted by Crippen LogP contribution is 2.17. The fourth-order valence-corrected chi connectivity index (χ4v) is 1.75. The number of hydrogen-bond acceptors (Lipinski definition) is 2. The average molecular weight is 227 g/mol. The lowest BCUT2D eigenvalue weighted by molar-refractivity contribution is 0.306. The molecule has 0 aromatic heterocycles. The number of piperazine rings is 1. The lowest BCUT2D eigenvalue weighted by Crippen LogP contribution is -2.42. The first kappa shape index (κ1) is 12.3. The molecule has 1 rings (SSSR count). The molecule has 2 nitrogen and oxygen atoms in total. The van der Waals surface area contributed by atoms with Gasteiger partial charge in [-0.05, 0) is 12.5 Å². The molecule has 0 aromatic rings. The maximum Gasteiger partial charge on any atom is 0.0567 e. The Kier molecular flexibility index (Phi) is 5.51. The number of halogens is 1. The number of allylic oxidation sites excluding steroid dienone is 4. The maximum atomic E-state index is 6.00. The normalized spacial score (nSPS) is 18.5. The highest BCUT2D eigenvalue weighted by Gasteiger charge is 2.13. The van der Waals surface area contributed by atoms with Crippen molar-refractivity contribution >= 4 is 11.6 Å². The summed E-state index contributed by atoms with van der Waals surface area (Å²) >= 11 is 6.00. The fraction of sp³-hybridized carbons (Fsp3) is 0.500. The van der Waals surface area contributed by atoms with Crippen molar-refractivity contribution in [1.82, 2.24) is 10.2 Å². The standard InChI is InChI=1S/C12H19ClN2/c1-3-4-5-6-12(11(2)13)15-9-7-14-8-10-15/h4-6,14H,2-3,7-10H2,1H3/b5-4-,12-6+. The van der Waals surface area contributed by atoms with Crippen molar-refractivity contribution in [2.24, 2.45) is 0 Å². The summed E-state index contributed by atoms with van der Waals surface area (Å²) in [4.78, 5) is 2.27. The van der Waals surface area contributed by atoms with Crippen LogP contribution in [-0.4, -0.2) is 31.1 Å². The quantitative estimate of drug-likeness (QED) is 0.742. The van der Waals surface area contributed by atoms with Crippen molar-refractivity contribution in [1.29, 1.82) is 0 Å². The van der Waals surface area contributed by atoms with Crippen molar-refractivity contribution in [3.63, 3.8) is 0 Å². The second-order valence-electron chi connectivity index (χ2n) is 3.53. The molecule has 1 fully saturated rings. The van der Waals surface area contributed by atoms with Gasteiger partial charge in [0.05, 0.1) is 10.7 Å². The van der Waals surface area contributed by atoms with E-state index >= 15 is 0 Å². The molecule has 1 N–H and O–H groups in total. The number of nitrogens with one attached hydrogen (secondary N) is 1. The van der Waals surface area contributed by atoms with E-state index in [1.165, 1.54) is 0 Å². The second kappa shape index (κ2) is 6.70. The van der Waals surface area contributed by atoms with Crippen molar-refractivity contribution in [2.45, 2.75) is 13.3 Å². The molecule has 0 aromatic carbocycles. The van der Waals surface area contributed by atoms with Gasteiger partial charge in [0.1, 0.15) is 0 Å². The van der Waals surface area contributed by atoms with Crippen LogP contribution in [0.2, 0.25) is 0 Å². The third-order valence-electron chi connectivity index (χ3n) is 2.36. The van der Waals surface area contributed by atoms with Gasteiger partial charge in [-0.1, -0.05) is 37.3 Å². The van der Waals surface area contributed by atoms with Crippen LogP contribution in [0.4, 0.5) is 0 Å². The van der Waals surface area contributed by atoms with Crippen molar-refractivity contribution in [3.05, 3.63) is 35.5 Å². The predicted molar refractivity (Wildman–Crippen MR) is 66.9 cm³/mol. The summed E-state index contributed by atoms with van der Waals surface area (Å²) in [6, 6.07) is 0. The van der Waals surface area contributed by atoms with Gasteiger partial charge >= 0.3 is 0 Å². The molecule has 0 aliphatic carbocycles. The Hall–Kier alpha value is -0.730. The zero-order chi connectivity index (χ0) is 11.1. The first-order valence-corrected chi connectivity index (χ1v) is 5.80. The molecule has 3 heteroatoms.